The molecule has 2 N–H and O–H groups in total. The van der Waals surface area contributed by atoms with Crippen molar-refractivity contribution in [2.45, 2.75) is 32.7 Å². The summed E-state index contributed by atoms with van der Waals surface area (Å²) >= 11 is 0. The smallest absolute Gasteiger partial charge is 0.274 e. The number of anilines is 1. The molecule has 0 spiro atoms. The van der Waals surface area contributed by atoms with E-state index in [1.807, 2.05) is 19.1 Å². The number of nitrogens with zero attached hydrogens (tertiary/aromatic N) is 2. The Hall–Kier alpha value is -1.62. The van der Waals surface area contributed by atoms with Crippen LogP contribution in [0.1, 0.15) is 25.3 Å². The molecule has 104 valence electrons. The fourth-order valence-electron chi connectivity index (χ4n) is 2.66. The highest BCUT2D eigenvalue weighted by molar-refractivity contribution is 5.56. The average molecular weight is 263 g/mol. The number of piperidine rings is 1. The maximum atomic E-state index is 11.0. The lowest BCUT2D eigenvalue weighted by molar-refractivity contribution is -0.385. The molecule has 2 rings (SSSR count). The number of benzene rings is 1. The number of hydrogen-bond donors (Lipinski definition) is 1. The number of nitrogens with two attached hydrogens (primary N) is 1. The molecule has 2 unspecified atom stereocenters. The van der Waals surface area contributed by atoms with Crippen LogP contribution in [0.3, 0.4) is 0 Å². The van der Waals surface area contributed by atoms with Crippen molar-refractivity contribution in [2.75, 3.05) is 18.0 Å². The zero-order chi connectivity index (χ0) is 14.0. The molecule has 0 bridgehead atoms. The molecule has 2 atom stereocenters. The Kier molecular flexibility index (Phi) is 4.04. The van der Waals surface area contributed by atoms with Gasteiger partial charge in [0.2, 0.25) is 0 Å². The fourth-order valence-corrected chi connectivity index (χ4v) is 2.66. The molecule has 1 fully saturated rings. The van der Waals surface area contributed by atoms with E-state index < -0.39 is 0 Å². The van der Waals surface area contributed by atoms with Crippen LogP contribution in [0.25, 0.3) is 0 Å². The Morgan fingerprint density at radius 2 is 2.26 bits per heavy atom. The topological polar surface area (TPSA) is 72.4 Å². The zero-order valence-corrected chi connectivity index (χ0v) is 11.5. The quantitative estimate of drug-likeness (QED) is 0.671. The summed E-state index contributed by atoms with van der Waals surface area (Å²) in [5, 5.41) is 11.0. The van der Waals surface area contributed by atoms with Gasteiger partial charge in [0.1, 0.15) is 0 Å². The number of aryl methyl sites for hydroxylation is 1. The van der Waals surface area contributed by atoms with E-state index in [-0.39, 0.29) is 16.7 Å². The molecule has 5 nitrogen and oxygen atoms in total. The van der Waals surface area contributed by atoms with Crippen LogP contribution in [0.15, 0.2) is 18.2 Å². The fraction of sp³-hybridized carbons (Fsp3) is 0.571. The van der Waals surface area contributed by atoms with Crippen LogP contribution in [0.4, 0.5) is 11.4 Å². The zero-order valence-electron chi connectivity index (χ0n) is 11.5. The van der Waals surface area contributed by atoms with Crippen LogP contribution >= 0.6 is 0 Å². The molecule has 19 heavy (non-hydrogen) atoms. The molecule has 1 heterocycles. The summed E-state index contributed by atoms with van der Waals surface area (Å²) < 4.78 is 0. The van der Waals surface area contributed by atoms with Gasteiger partial charge >= 0.3 is 0 Å². The maximum absolute atomic E-state index is 11.0. The molecule has 1 aromatic carbocycles. The predicted molar refractivity (Wildman–Crippen MR) is 76.4 cm³/mol. The predicted octanol–water partition coefficient (Wildman–Crippen LogP) is 2.47. The average Bonchev–Trinajstić information content (AvgIpc) is 2.39. The largest absolute Gasteiger partial charge is 0.371 e. The van der Waals surface area contributed by atoms with E-state index >= 15 is 0 Å². The van der Waals surface area contributed by atoms with Crippen molar-refractivity contribution < 1.29 is 4.92 Å². The molecule has 5 heteroatoms. The van der Waals surface area contributed by atoms with Gasteiger partial charge in [-0.05, 0) is 38.7 Å². The lowest BCUT2D eigenvalue weighted by atomic mass is 9.92. The number of hydrogen-bond acceptors (Lipinski definition) is 4. The van der Waals surface area contributed by atoms with Crippen LogP contribution in [-0.2, 0) is 0 Å². The van der Waals surface area contributed by atoms with Crippen molar-refractivity contribution in [1.82, 2.24) is 0 Å². The molecule has 1 aromatic rings. The van der Waals surface area contributed by atoms with E-state index in [0.29, 0.717) is 11.5 Å². The van der Waals surface area contributed by atoms with E-state index in [1.54, 1.807) is 13.0 Å². The second kappa shape index (κ2) is 5.57. The Labute approximate surface area is 113 Å². The second-order valence-electron chi connectivity index (χ2n) is 5.44. The summed E-state index contributed by atoms with van der Waals surface area (Å²) in [6.07, 6.45) is 2.23. The van der Waals surface area contributed by atoms with Crippen LogP contribution in [0.5, 0.6) is 0 Å². The number of rotatable bonds is 3. The first-order valence-electron chi connectivity index (χ1n) is 6.74. The van der Waals surface area contributed by atoms with Gasteiger partial charge in [0.15, 0.2) is 0 Å². The molecule has 1 aliphatic heterocycles. The third kappa shape index (κ3) is 3.04. The minimum absolute atomic E-state index is 0.170. The Balaban J connectivity index is 2.22. The minimum Gasteiger partial charge on any atom is -0.371 e. The summed E-state index contributed by atoms with van der Waals surface area (Å²) in [4.78, 5) is 12.9. The van der Waals surface area contributed by atoms with Gasteiger partial charge in [-0.1, -0.05) is 6.07 Å². The lowest BCUT2D eigenvalue weighted by Crippen LogP contribution is -2.42. The summed E-state index contributed by atoms with van der Waals surface area (Å²) in [6.45, 7) is 5.63. The summed E-state index contributed by atoms with van der Waals surface area (Å²) in [5.74, 6) is 0.467. The molecule has 0 radical (unpaired) electrons. The van der Waals surface area contributed by atoms with Gasteiger partial charge in [0.25, 0.3) is 5.69 Å². The Morgan fingerprint density at radius 3 is 2.89 bits per heavy atom. The molecule has 1 aliphatic rings. The molecular weight excluding hydrogens is 242 g/mol. The highest BCUT2D eigenvalue weighted by Gasteiger charge is 2.24. The monoisotopic (exact) mass is 263 g/mol. The summed E-state index contributed by atoms with van der Waals surface area (Å²) in [6, 6.07) is 5.64. The van der Waals surface area contributed by atoms with Gasteiger partial charge < -0.3 is 10.6 Å². The van der Waals surface area contributed by atoms with Gasteiger partial charge in [0, 0.05) is 36.4 Å². The van der Waals surface area contributed by atoms with Gasteiger partial charge in [-0.15, -0.1) is 0 Å². The van der Waals surface area contributed by atoms with Crippen molar-refractivity contribution in [3.05, 3.63) is 33.9 Å². The molecule has 0 aliphatic carbocycles. The highest BCUT2D eigenvalue weighted by atomic mass is 16.6. The maximum Gasteiger partial charge on any atom is 0.274 e. The highest BCUT2D eigenvalue weighted by Crippen LogP contribution is 2.29. The molecular formula is C14H21N3O2. The SMILES string of the molecule is Cc1ccc(N2CCCC(C(C)N)C2)cc1[N+](=O)[O-]. The van der Waals surface area contributed by atoms with Crippen molar-refractivity contribution in [1.29, 1.82) is 0 Å². The third-order valence-corrected chi connectivity index (χ3v) is 3.96. The van der Waals surface area contributed by atoms with Crippen LogP contribution in [0, 0.1) is 23.0 Å². The van der Waals surface area contributed by atoms with E-state index in [2.05, 4.69) is 4.90 Å². The third-order valence-electron chi connectivity index (χ3n) is 3.96. The van der Waals surface area contributed by atoms with Crippen molar-refractivity contribution in [3.63, 3.8) is 0 Å². The van der Waals surface area contributed by atoms with Crippen LogP contribution < -0.4 is 10.6 Å². The standard InChI is InChI=1S/C14H21N3O2/c1-10-5-6-13(8-14(10)17(18)19)16-7-3-4-12(9-16)11(2)15/h5-6,8,11-12H,3-4,7,9,15H2,1-2H3. The number of nitro groups is 1. The lowest BCUT2D eigenvalue weighted by Gasteiger charge is -2.36. The van der Waals surface area contributed by atoms with E-state index in [9.17, 15) is 10.1 Å². The Bertz CT molecular complexity index is 474. The van der Waals surface area contributed by atoms with E-state index in [0.717, 1.165) is 31.6 Å². The van der Waals surface area contributed by atoms with E-state index in [1.165, 1.54) is 0 Å². The first kappa shape index (κ1) is 13.8. The molecule has 0 saturated carbocycles. The molecule has 1 saturated heterocycles. The van der Waals surface area contributed by atoms with Gasteiger partial charge in [0.05, 0.1) is 4.92 Å². The first-order valence-corrected chi connectivity index (χ1v) is 6.74. The first-order chi connectivity index (χ1) is 8.99. The van der Waals surface area contributed by atoms with Crippen molar-refractivity contribution >= 4 is 11.4 Å². The summed E-state index contributed by atoms with van der Waals surface area (Å²) in [5.41, 5.74) is 7.81. The Morgan fingerprint density at radius 1 is 1.53 bits per heavy atom. The minimum atomic E-state index is -0.314. The summed E-state index contributed by atoms with van der Waals surface area (Å²) in [7, 11) is 0. The van der Waals surface area contributed by atoms with Crippen LogP contribution in [0.2, 0.25) is 0 Å². The normalized spacial score (nSPS) is 21.2. The molecule has 0 aromatic heterocycles. The van der Waals surface area contributed by atoms with Gasteiger partial charge in [-0.3, -0.25) is 10.1 Å². The second-order valence-corrected chi connectivity index (χ2v) is 5.44. The van der Waals surface area contributed by atoms with E-state index in [4.69, 9.17) is 5.73 Å². The molecule has 0 amide bonds. The van der Waals surface area contributed by atoms with Crippen LogP contribution in [-0.4, -0.2) is 24.1 Å². The van der Waals surface area contributed by atoms with Gasteiger partial charge in [-0.2, -0.15) is 0 Å². The van der Waals surface area contributed by atoms with Crippen molar-refractivity contribution in [3.8, 4) is 0 Å². The van der Waals surface area contributed by atoms with Gasteiger partial charge in [-0.25, -0.2) is 0 Å². The number of nitro benzene ring substituents is 1. The van der Waals surface area contributed by atoms with Crippen molar-refractivity contribution in [2.24, 2.45) is 11.7 Å².